The summed E-state index contributed by atoms with van der Waals surface area (Å²) in [5, 5.41) is 7.95. The number of halogens is 1. The third-order valence-electron chi connectivity index (χ3n) is 6.57. The Morgan fingerprint density at radius 3 is 1.25 bits per heavy atom. The summed E-state index contributed by atoms with van der Waals surface area (Å²) in [7, 11) is 0. The molecule has 0 aliphatic carbocycles. The van der Waals surface area contributed by atoms with Crippen molar-refractivity contribution in [1.82, 2.24) is 34.3 Å². The molecular formula is C40H60ClN7S5. The first kappa shape index (κ1) is 48.5. The predicted molar refractivity (Wildman–Crippen MR) is 236 cm³/mol. The Labute approximate surface area is 345 Å². The van der Waals surface area contributed by atoms with E-state index >= 15 is 0 Å². The number of aryl methyl sites for hydroxylation is 3. The van der Waals surface area contributed by atoms with E-state index in [1.807, 2.05) is 37.0 Å². The van der Waals surface area contributed by atoms with Crippen molar-refractivity contribution in [3.63, 3.8) is 0 Å². The van der Waals surface area contributed by atoms with Crippen molar-refractivity contribution in [1.29, 1.82) is 0 Å². The van der Waals surface area contributed by atoms with Crippen LogP contribution in [0.3, 0.4) is 0 Å². The van der Waals surface area contributed by atoms with Gasteiger partial charge >= 0.3 is 0 Å². The zero-order chi connectivity index (χ0) is 40.1. The lowest BCUT2D eigenvalue weighted by atomic mass is 10.1. The molecule has 0 spiro atoms. The second-order valence-electron chi connectivity index (χ2n) is 13.9. The molecular weight excluding hydrogens is 774 g/mol. The number of hydrogen-bond donors (Lipinski definition) is 0. The van der Waals surface area contributed by atoms with E-state index in [4.69, 9.17) is 11.6 Å². The number of aromatic nitrogens is 7. The van der Waals surface area contributed by atoms with Crippen molar-refractivity contribution in [2.75, 3.05) is 0 Å². The molecule has 0 saturated heterocycles. The van der Waals surface area contributed by atoms with Gasteiger partial charge in [-0.3, -0.25) is 4.98 Å². The van der Waals surface area contributed by atoms with Crippen molar-refractivity contribution < 1.29 is 0 Å². The highest BCUT2D eigenvalue weighted by molar-refractivity contribution is 7.15. The summed E-state index contributed by atoms with van der Waals surface area (Å²) >= 11 is 14.0. The van der Waals surface area contributed by atoms with Crippen LogP contribution in [0.4, 0.5) is 0 Å². The van der Waals surface area contributed by atoms with E-state index in [-0.39, 0.29) is 0 Å². The van der Waals surface area contributed by atoms with E-state index in [0.29, 0.717) is 35.5 Å². The highest BCUT2D eigenvalue weighted by Gasteiger charge is 2.04. The summed E-state index contributed by atoms with van der Waals surface area (Å²) in [5.41, 5.74) is 2.28. The zero-order valence-electron chi connectivity index (χ0n) is 34.2. The summed E-state index contributed by atoms with van der Waals surface area (Å²) in [4.78, 5) is 27.7. The van der Waals surface area contributed by atoms with Crippen LogP contribution >= 0.6 is 68.5 Å². The summed E-state index contributed by atoms with van der Waals surface area (Å²) < 4.78 is 4.65. The van der Waals surface area contributed by atoms with Crippen LogP contribution in [0.15, 0.2) is 54.7 Å². The topological polar surface area (TPSA) is 90.2 Å². The van der Waals surface area contributed by atoms with Crippen molar-refractivity contribution in [3.8, 4) is 0 Å². The summed E-state index contributed by atoms with van der Waals surface area (Å²) in [6.45, 7) is 31.9. The van der Waals surface area contributed by atoms with E-state index in [9.17, 15) is 0 Å². The van der Waals surface area contributed by atoms with Crippen LogP contribution in [0.25, 0.3) is 0 Å². The molecule has 0 amide bonds. The van der Waals surface area contributed by atoms with Crippen molar-refractivity contribution in [2.24, 2.45) is 0 Å². The summed E-state index contributed by atoms with van der Waals surface area (Å²) in [6, 6.07) is 6.14. The van der Waals surface area contributed by atoms with Gasteiger partial charge in [-0.05, 0) is 50.4 Å². The molecule has 0 aliphatic heterocycles. The molecule has 0 radical (unpaired) electrons. The minimum atomic E-state index is 0.502. The standard InChI is InChI=1S/C9H13N.2C7H11NS.C6H8ClNS.C6H9NS.C5H8N2S/c1-7(2)9-6-4-5-8(3)10-9;2*1-5(2)7-8-4-6(3)9-7;1-4(2)6-8-3-5(7)9-6;1-5(2)6-7-3-4-8-6;1-4(2)5-6-3-7-8-5/h4-7H,1-3H3;2*4-5H,1-3H3;3-4H,1-2H3;3-5H,1-2H3;3-4H,1-2H3. The molecule has 6 aromatic rings. The normalized spacial score (nSPS) is 10.5. The molecule has 0 aromatic carbocycles. The maximum absolute atomic E-state index is 5.66. The van der Waals surface area contributed by atoms with Crippen molar-refractivity contribution in [2.45, 2.75) is 139 Å². The number of nitrogens with zero attached hydrogens (tertiary/aromatic N) is 7. The minimum absolute atomic E-state index is 0.502. The summed E-state index contributed by atoms with van der Waals surface area (Å²) in [5.74, 6) is 3.34. The van der Waals surface area contributed by atoms with Gasteiger partial charge in [0.1, 0.15) is 15.7 Å². The third-order valence-corrected chi connectivity index (χ3v) is 12.5. The molecule has 0 bridgehead atoms. The second-order valence-corrected chi connectivity index (χ2v) is 19.9. The van der Waals surface area contributed by atoms with Crippen LogP contribution < -0.4 is 0 Å². The van der Waals surface area contributed by atoms with Crippen LogP contribution in [-0.2, 0) is 0 Å². The minimum Gasteiger partial charge on any atom is -0.258 e. The van der Waals surface area contributed by atoms with E-state index in [1.54, 1.807) is 57.9 Å². The quantitative estimate of drug-likeness (QED) is 0.165. The van der Waals surface area contributed by atoms with Crippen molar-refractivity contribution >= 4 is 68.5 Å². The Bertz CT molecular complexity index is 1610. The molecule has 292 valence electrons. The van der Waals surface area contributed by atoms with Gasteiger partial charge in [0.15, 0.2) is 0 Å². The van der Waals surface area contributed by atoms with Gasteiger partial charge in [-0.25, -0.2) is 24.9 Å². The Morgan fingerprint density at radius 2 is 1.02 bits per heavy atom. The van der Waals surface area contributed by atoms with Gasteiger partial charge in [0, 0.05) is 74.7 Å². The number of hydrogen-bond acceptors (Lipinski definition) is 12. The lowest BCUT2D eigenvalue weighted by Crippen LogP contribution is -1.92. The monoisotopic (exact) mass is 833 g/mol. The Kier molecular flexibility index (Phi) is 24.1. The van der Waals surface area contributed by atoms with Gasteiger partial charge in [0.25, 0.3) is 0 Å². The molecule has 53 heavy (non-hydrogen) atoms. The molecule has 7 nitrogen and oxygen atoms in total. The van der Waals surface area contributed by atoms with Crippen LogP contribution in [0.1, 0.15) is 165 Å². The van der Waals surface area contributed by atoms with E-state index < -0.39 is 0 Å². The molecule has 6 heterocycles. The molecule has 6 rings (SSSR count). The maximum atomic E-state index is 5.66. The SMILES string of the molecule is CC(C)c1ncc(Cl)s1.CC(C)c1nccs1.CC(C)c1ncns1.Cc1cccc(C(C)C)n1.Cc1cnc(C(C)C)s1.Cc1cnc(C(C)C)s1. The van der Waals surface area contributed by atoms with Crippen molar-refractivity contribution in [3.05, 3.63) is 105 Å². The highest BCUT2D eigenvalue weighted by Crippen LogP contribution is 2.24. The third kappa shape index (κ3) is 21.3. The molecule has 0 N–H and O–H groups in total. The molecule has 0 atom stereocenters. The van der Waals surface area contributed by atoms with E-state index in [0.717, 1.165) is 20.0 Å². The van der Waals surface area contributed by atoms with Crippen LogP contribution in [0.5, 0.6) is 0 Å². The molecule has 6 aromatic heterocycles. The van der Waals surface area contributed by atoms with Gasteiger partial charge in [0.2, 0.25) is 0 Å². The van der Waals surface area contributed by atoms with Crippen LogP contribution in [-0.4, -0.2) is 34.3 Å². The fourth-order valence-corrected chi connectivity index (χ4v) is 7.30. The van der Waals surface area contributed by atoms with Gasteiger partial charge < -0.3 is 0 Å². The van der Waals surface area contributed by atoms with E-state index in [2.05, 4.69) is 143 Å². The Hall–Kier alpha value is -2.48. The largest absolute Gasteiger partial charge is 0.258 e. The first-order valence-corrected chi connectivity index (χ1v) is 22.4. The van der Waals surface area contributed by atoms with Crippen LogP contribution in [0.2, 0.25) is 4.34 Å². The number of rotatable bonds is 6. The maximum Gasteiger partial charge on any atom is 0.129 e. The van der Waals surface area contributed by atoms with Gasteiger partial charge in [-0.15, -0.1) is 45.3 Å². The van der Waals surface area contributed by atoms with E-state index in [1.165, 1.54) is 42.0 Å². The Balaban J connectivity index is 0.000000318. The van der Waals surface area contributed by atoms with Crippen LogP contribution in [0, 0.1) is 20.8 Å². The fourth-order valence-electron chi connectivity index (χ4n) is 3.65. The second kappa shape index (κ2) is 26.3. The molecule has 0 fully saturated rings. The average molecular weight is 835 g/mol. The number of thiazole rings is 4. The Morgan fingerprint density at radius 1 is 0.528 bits per heavy atom. The fraction of sp³-hybridized carbons (Fsp3) is 0.525. The van der Waals surface area contributed by atoms with Gasteiger partial charge in [-0.2, -0.15) is 4.37 Å². The highest BCUT2D eigenvalue weighted by atomic mass is 35.5. The molecule has 0 aliphatic rings. The molecule has 13 heteroatoms. The lowest BCUT2D eigenvalue weighted by molar-refractivity contribution is 0.815. The smallest absolute Gasteiger partial charge is 0.129 e. The lowest BCUT2D eigenvalue weighted by Gasteiger charge is -2.03. The van der Waals surface area contributed by atoms with Gasteiger partial charge in [-0.1, -0.05) is 101 Å². The molecule has 0 unspecified atom stereocenters. The summed E-state index contributed by atoms with van der Waals surface area (Å²) in [6.07, 6.45) is 9.00. The predicted octanol–water partition coefficient (Wildman–Crippen LogP) is 14.5. The number of pyridine rings is 1. The average Bonchev–Trinajstić information content (AvgIpc) is 3.94. The zero-order valence-corrected chi connectivity index (χ0v) is 39.0. The molecule has 0 saturated carbocycles. The van der Waals surface area contributed by atoms with Gasteiger partial charge in [0.05, 0.1) is 26.2 Å². The first-order valence-electron chi connectivity index (χ1n) is 18.0. The first-order chi connectivity index (χ1) is 24.9.